The summed E-state index contributed by atoms with van der Waals surface area (Å²) in [4.78, 5) is 9.60. The molecule has 1 aliphatic heterocycles. The van der Waals surface area contributed by atoms with Crippen molar-refractivity contribution in [2.45, 2.75) is 44.8 Å². The summed E-state index contributed by atoms with van der Waals surface area (Å²) in [6.07, 6.45) is 4.03. The summed E-state index contributed by atoms with van der Waals surface area (Å²) in [6.45, 7) is 8.57. The normalized spacial score (nSPS) is 20.7. The van der Waals surface area contributed by atoms with Crippen LogP contribution in [0.2, 0.25) is 0 Å². The largest absolute Gasteiger partial charge is 0.388 e. The Kier molecular flexibility index (Phi) is 8.63. The van der Waals surface area contributed by atoms with E-state index in [1.54, 1.807) is 0 Å². The van der Waals surface area contributed by atoms with Gasteiger partial charge in [-0.15, -0.1) is 24.0 Å². The van der Waals surface area contributed by atoms with Crippen LogP contribution in [0.3, 0.4) is 0 Å². The Bertz CT molecular complexity index is 552. The fourth-order valence-corrected chi connectivity index (χ4v) is 3.80. The number of piperazine rings is 1. The van der Waals surface area contributed by atoms with Crippen molar-refractivity contribution < 1.29 is 5.11 Å². The van der Waals surface area contributed by atoms with E-state index in [-0.39, 0.29) is 24.0 Å². The molecule has 1 saturated heterocycles. The van der Waals surface area contributed by atoms with Gasteiger partial charge in [-0.1, -0.05) is 43.2 Å². The molecule has 26 heavy (non-hydrogen) atoms. The maximum Gasteiger partial charge on any atom is 0.194 e. The van der Waals surface area contributed by atoms with E-state index >= 15 is 0 Å². The Morgan fingerprint density at radius 1 is 1.12 bits per heavy atom. The molecule has 1 aliphatic carbocycles. The van der Waals surface area contributed by atoms with E-state index in [1.165, 1.54) is 5.56 Å². The van der Waals surface area contributed by atoms with E-state index < -0.39 is 5.60 Å². The fourth-order valence-electron chi connectivity index (χ4n) is 3.80. The molecule has 0 spiro atoms. The molecule has 1 saturated carbocycles. The summed E-state index contributed by atoms with van der Waals surface area (Å²) >= 11 is 0. The van der Waals surface area contributed by atoms with Crippen LogP contribution in [-0.2, 0) is 6.54 Å². The van der Waals surface area contributed by atoms with E-state index in [0.717, 1.165) is 70.9 Å². The van der Waals surface area contributed by atoms with E-state index in [4.69, 9.17) is 4.99 Å². The first-order valence-electron chi connectivity index (χ1n) is 9.70. The van der Waals surface area contributed by atoms with Gasteiger partial charge in [-0.2, -0.15) is 0 Å². The third-order valence-electron chi connectivity index (χ3n) is 5.31. The lowest BCUT2D eigenvalue weighted by Crippen LogP contribution is -2.52. The van der Waals surface area contributed by atoms with Gasteiger partial charge in [0.05, 0.1) is 12.1 Å². The molecule has 6 heteroatoms. The van der Waals surface area contributed by atoms with Crippen LogP contribution in [0.15, 0.2) is 35.3 Å². The molecule has 0 atom stereocenters. The highest BCUT2D eigenvalue weighted by Gasteiger charge is 2.31. The molecule has 5 nitrogen and oxygen atoms in total. The molecular weight excluding hydrogens is 439 g/mol. The number of benzene rings is 1. The first-order chi connectivity index (χ1) is 12.2. The number of nitrogens with zero attached hydrogens (tertiary/aromatic N) is 3. The molecule has 0 radical (unpaired) electrons. The van der Waals surface area contributed by atoms with Crippen LogP contribution in [0, 0.1) is 0 Å². The Balaban J connectivity index is 0.00000243. The Hall–Kier alpha value is -0.860. The van der Waals surface area contributed by atoms with E-state index in [2.05, 4.69) is 52.4 Å². The second kappa shape index (κ2) is 10.5. The van der Waals surface area contributed by atoms with Crippen LogP contribution in [0.25, 0.3) is 0 Å². The number of hydrogen-bond acceptors (Lipinski definition) is 3. The second-order valence-electron chi connectivity index (χ2n) is 7.35. The van der Waals surface area contributed by atoms with Gasteiger partial charge in [0.2, 0.25) is 0 Å². The van der Waals surface area contributed by atoms with Gasteiger partial charge in [-0.05, 0) is 25.3 Å². The highest BCUT2D eigenvalue weighted by atomic mass is 127. The van der Waals surface area contributed by atoms with Gasteiger partial charge < -0.3 is 15.3 Å². The van der Waals surface area contributed by atoms with Crippen molar-refractivity contribution >= 4 is 29.9 Å². The Labute approximate surface area is 174 Å². The van der Waals surface area contributed by atoms with Gasteiger partial charge in [0.15, 0.2) is 5.96 Å². The van der Waals surface area contributed by atoms with Crippen LogP contribution in [0.4, 0.5) is 0 Å². The second-order valence-corrected chi connectivity index (χ2v) is 7.35. The first-order valence-corrected chi connectivity index (χ1v) is 9.70. The smallest absolute Gasteiger partial charge is 0.194 e. The minimum atomic E-state index is -0.574. The molecular formula is C20H33IN4O. The Morgan fingerprint density at radius 2 is 1.77 bits per heavy atom. The summed E-state index contributed by atoms with van der Waals surface area (Å²) in [7, 11) is 0. The molecule has 2 aliphatic rings. The van der Waals surface area contributed by atoms with E-state index in [9.17, 15) is 5.11 Å². The summed E-state index contributed by atoms with van der Waals surface area (Å²) < 4.78 is 0. The van der Waals surface area contributed by atoms with Crippen LogP contribution >= 0.6 is 24.0 Å². The molecule has 0 amide bonds. The number of aliphatic hydroxyl groups is 1. The molecule has 146 valence electrons. The van der Waals surface area contributed by atoms with Crippen molar-refractivity contribution in [1.82, 2.24) is 15.1 Å². The lowest BCUT2D eigenvalue weighted by Gasteiger charge is -2.37. The molecule has 0 aromatic heterocycles. The monoisotopic (exact) mass is 472 g/mol. The van der Waals surface area contributed by atoms with E-state index in [0.29, 0.717) is 6.54 Å². The maximum atomic E-state index is 10.6. The topological polar surface area (TPSA) is 51.1 Å². The summed E-state index contributed by atoms with van der Waals surface area (Å²) in [5.74, 6) is 0.960. The molecule has 1 aromatic carbocycles. The number of rotatable bonds is 5. The highest BCUT2D eigenvalue weighted by molar-refractivity contribution is 14.0. The van der Waals surface area contributed by atoms with Crippen molar-refractivity contribution in [3.63, 3.8) is 0 Å². The number of guanidine groups is 1. The molecule has 1 heterocycles. The molecule has 0 bridgehead atoms. The minimum Gasteiger partial charge on any atom is -0.388 e. The number of nitrogens with one attached hydrogen (secondary N) is 1. The highest BCUT2D eigenvalue weighted by Crippen LogP contribution is 2.29. The van der Waals surface area contributed by atoms with Crippen LogP contribution < -0.4 is 5.32 Å². The van der Waals surface area contributed by atoms with Crippen molar-refractivity contribution in [1.29, 1.82) is 0 Å². The summed E-state index contributed by atoms with van der Waals surface area (Å²) in [5, 5.41) is 14.0. The average Bonchev–Trinajstić information content (AvgIpc) is 3.07. The molecule has 2 N–H and O–H groups in total. The standard InChI is InChI=1S/C20H32N4O.HI/c1-2-21-19(22-17-20(25)10-6-7-11-20)24-14-12-23(13-15-24)16-18-8-4-3-5-9-18;/h3-5,8-9,25H,2,6-7,10-17H2,1H3,(H,21,22);1H. The van der Waals surface area contributed by atoms with Crippen molar-refractivity contribution in [2.75, 3.05) is 39.3 Å². The lowest BCUT2D eigenvalue weighted by molar-refractivity contribution is 0.0569. The van der Waals surface area contributed by atoms with Gasteiger partial charge in [0, 0.05) is 39.3 Å². The molecule has 2 fully saturated rings. The van der Waals surface area contributed by atoms with Crippen molar-refractivity contribution in [3.8, 4) is 0 Å². The van der Waals surface area contributed by atoms with Gasteiger partial charge in [-0.3, -0.25) is 9.89 Å². The van der Waals surface area contributed by atoms with Crippen molar-refractivity contribution in [2.24, 2.45) is 4.99 Å². The average molecular weight is 472 g/mol. The third-order valence-corrected chi connectivity index (χ3v) is 5.31. The quantitative estimate of drug-likeness (QED) is 0.393. The Morgan fingerprint density at radius 3 is 2.38 bits per heavy atom. The van der Waals surface area contributed by atoms with Gasteiger partial charge in [0.25, 0.3) is 0 Å². The molecule has 3 rings (SSSR count). The van der Waals surface area contributed by atoms with Gasteiger partial charge in [-0.25, -0.2) is 0 Å². The fraction of sp³-hybridized carbons (Fsp3) is 0.650. The molecule has 1 aromatic rings. The number of aliphatic imine (C=N–C) groups is 1. The summed E-state index contributed by atoms with van der Waals surface area (Å²) in [5.41, 5.74) is 0.801. The number of hydrogen-bond donors (Lipinski definition) is 2. The van der Waals surface area contributed by atoms with Crippen LogP contribution in [0.5, 0.6) is 0 Å². The predicted molar refractivity (Wildman–Crippen MR) is 118 cm³/mol. The molecule has 0 unspecified atom stereocenters. The predicted octanol–water partition coefficient (Wildman–Crippen LogP) is 2.69. The van der Waals surface area contributed by atoms with Crippen LogP contribution in [-0.4, -0.2) is 65.7 Å². The van der Waals surface area contributed by atoms with Gasteiger partial charge >= 0.3 is 0 Å². The SMILES string of the molecule is CCNC(=NCC1(O)CCCC1)N1CCN(Cc2ccccc2)CC1.I. The summed E-state index contributed by atoms with van der Waals surface area (Å²) in [6, 6.07) is 10.7. The zero-order chi connectivity index (χ0) is 17.5. The first kappa shape index (κ1) is 21.4. The zero-order valence-corrected chi connectivity index (χ0v) is 18.2. The third kappa shape index (κ3) is 6.09. The lowest BCUT2D eigenvalue weighted by atomic mass is 10.0. The van der Waals surface area contributed by atoms with Gasteiger partial charge in [0.1, 0.15) is 0 Å². The maximum absolute atomic E-state index is 10.6. The van der Waals surface area contributed by atoms with E-state index in [1.807, 2.05) is 0 Å². The minimum absolute atomic E-state index is 0. The van der Waals surface area contributed by atoms with Crippen LogP contribution in [0.1, 0.15) is 38.2 Å². The van der Waals surface area contributed by atoms with Crippen molar-refractivity contribution in [3.05, 3.63) is 35.9 Å². The number of halogens is 1. The zero-order valence-electron chi connectivity index (χ0n) is 15.9.